The van der Waals surface area contributed by atoms with E-state index in [4.69, 9.17) is 9.15 Å². The van der Waals surface area contributed by atoms with Crippen LogP contribution in [0.15, 0.2) is 52.2 Å². The lowest BCUT2D eigenvalue weighted by Gasteiger charge is -2.01. The molecule has 116 valence electrons. The second-order valence-corrected chi connectivity index (χ2v) is 4.79. The third kappa shape index (κ3) is 4.22. The summed E-state index contributed by atoms with van der Waals surface area (Å²) < 4.78 is 10.2. The molecular weight excluding hydrogens is 284 g/mol. The van der Waals surface area contributed by atoms with Crippen molar-refractivity contribution in [1.82, 2.24) is 0 Å². The molecule has 1 aliphatic rings. The molecule has 1 aliphatic carbocycles. The van der Waals surface area contributed by atoms with Gasteiger partial charge in [-0.2, -0.15) is 0 Å². The molecule has 2 rings (SSSR count). The zero-order valence-corrected chi connectivity index (χ0v) is 12.4. The Kier molecular flexibility index (Phi) is 5.36. The average Bonchev–Trinajstić information content (AvgIpc) is 3.17. The van der Waals surface area contributed by atoms with Crippen LogP contribution in [0.5, 0.6) is 0 Å². The van der Waals surface area contributed by atoms with E-state index in [0.717, 1.165) is 0 Å². The SMILES string of the molecule is CCOC(=O)CCc1ccc(C(=O)CC(O)=C2C=CC=C2)o1. The van der Waals surface area contributed by atoms with Crippen molar-refractivity contribution in [3.05, 3.63) is 59.3 Å². The molecule has 0 radical (unpaired) electrons. The van der Waals surface area contributed by atoms with E-state index < -0.39 is 0 Å². The van der Waals surface area contributed by atoms with Gasteiger partial charge < -0.3 is 14.3 Å². The molecule has 0 saturated carbocycles. The van der Waals surface area contributed by atoms with Gasteiger partial charge in [-0.3, -0.25) is 9.59 Å². The molecule has 0 aromatic carbocycles. The van der Waals surface area contributed by atoms with Gasteiger partial charge in [0.15, 0.2) is 5.76 Å². The number of aliphatic hydroxyl groups is 1. The minimum atomic E-state index is -0.305. The first-order valence-corrected chi connectivity index (χ1v) is 7.14. The van der Waals surface area contributed by atoms with Gasteiger partial charge in [0.1, 0.15) is 11.5 Å². The van der Waals surface area contributed by atoms with E-state index in [-0.39, 0.29) is 36.1 Å². The second kappa shape index (κ2) is 7.45. The Morgan fingerprint density at radius 1 is 1.23 bits per heavy atom. The first-order valence-electron chi connectivity index (χ1n) is 7.14. The summed E-state index contributed by atoms with van der Waals surface area (Å²) in [5, 5.41) is 9.88. The fourth-order valence-corrected chi connectivity index (χ4v) is 2.03. The van der Waals surface area contributed by atoms with Crippen LogP contribution >= 0.6 is 0 Å². The molecule has 0 aliphatic heterocycles. The number of rotatable bonds is 7. The van der Waals surface area contributed by atoms with E-state index in [1.807, 2.05) is 0 Å². The van der Waals surface area contributed by atoms with Crippen molar-refractivity contribution >= 4 is 11.8 Å². The molecule has 0 atom stereocenters. The van der Waals surface area contributed by atoms with E-state index in [0.29, 0.717) is 24.4 Å². The largest absolute Gasteiger partial charge is 0.511 e. The van der Waals surface area contributed by atoms with Gasteiger partial charge in [0.05, 0.1) is 19.4 Å². The summed E-state index contributed by atoms with van der Waals surface area (Å²) in [5.74, 6) is 0.135. The number of hydrogen-bond acceptors (Lipinski definition) is 5. The number of carbonyl (C=O) groups is 2. The van der Waals surface area contributed by atoms with Crippen LogP contribution in [-0.2, 0) is 16.0 Å². The zero-order valence-electron chi connectivity index (χ0n) is 12.4. The lowest BCUT2D eigenvalue weighted by molar-refractivity contribution is -0.143. The molecule has 0 fully saturated rings. The van der Waals surface area contributed by atoms with E-state index >= 15 is 0 Å². The van der Waals surface area contributed by atoms with Crippen molar-refractivity contribution < 1.29 is 23.8 Å². The Morgan fingerprint density at radius 3 is 2.64 bits per heavy atom. The minimum Gasteiger partial charge on any atom is -0.511 e. The fourth-order valence-electron chi connectivity index (χ4n) is 2.03. The molecule has 1 aromatic rings. The molecule has 0 amide bonds. The Morgan fingerprint density at radius 2 is 1.95 bits per heavy atom. The number of aryl methyl sites for hydroxylation is 1. The maximum atomic E-state index is 12.0. The number of hydrogen-bond donors (Lipinski definition) is 1. The number of ether oxygens (including phenoxy) is 1. The van der Waals surface area contributed by atoms with Gasteiger partial charge in [0.2, 0.25) is 5.78 Å². The lowest BCUT2D eigenvalue weighted by atomic mass is 10.1. The standard InChI is InChI=1S/C17H18O5/c1-2-21-17(20)10-8-13-7-9-16(22-13)15(19)11-14(18)12-5-3-4-6-12/h3-7,9,18H,2,8,10-11H2,1H3. The van der Waals surface area contributed by atoms with E-state index in [9.17, 15) is 14.7 Å². The molecule has 1 heterocycles. The van der Waals surface area contributed by atoms with Crippen LogP contribution in [0.25, 0.3) is 0 Å². The van der Waals surface area contributed by atoms with Crippen LogP contribution < -0.4 is 0 Å². The number of ketones is 1. The van der Waals surface area contributed by atoms with Crippen molar-refractivity contribution in [2.24, 2.45) is 0 Å². The van der Waals surface area contributed by atoms with Crippen molar-refractivity contribution in [2.75, 3.05) is 6.61 Å². The van der Waals surface area contributed by atoms with Crippen LogP contribution in [0.2, 0.25) is 0 Å². The van der Waals surface area contributed by atoms with Crippen molar-refractivity contribution in [2.45, 2.75) is 26.2 Å². The summed E-state index contributed by atoms with van der Waals surface area (Å²) >= 11 is 0. The Labute approximate surface area is 128 Å². The molecule has 1 N–H and O–H groups in total. The zero-order chi connectivity index (χ0) is 15.9. The van der Waals surface area contributed by atoms with Gasteiger partial charge in [0.25, 0.3) is 0 Å². The third-order valence-electron chi connectivity index (χ3n) is 3.14. The monoisotopic (exact) mass is 302 g/mol. The molecule has 5 heteroatoms. The smallest absolute Gasteiger partial charge is 0.306 e. The van der Waals surface area contributed by atoms with Crippen LogP contribution in [0.3, 0.4) is 0 Å². The molecule has 0 spiro atoms. The van der Waals surface area contributed by atoms with E-state index in [1.54, 1.807) is 43.4 Å². The Balaban J connectivity index is 1.92. The molecule has 5 nitrogen and oxygen atoms in total. The highest BCUT2D eigenvalue weighted by molar-refractivity contribution is 5.95. The normalized spacial score (nSPS) is 12.7. The van der Waals surface area contributed by atoms with Gasteiger partial charge in [-0.1, -0.05) is 24.3 Å². The summed E-state index contributed by atoms with van der Waals surface area (Å²) in [5.41, 5.74) is 0.627. The van der Waals surface area contributed by atoms with Crippen LogP contribution in [-0.4, -0.2) is 23.5 Å². The molecule has 0 bridgehead atoms. The van der Waals surface area contributed by atoms with Crippen LogP contribution in [0, 0.1) is 0 Å². The maximum absolute atomic E-state index is 12.0. The van der Waals surface area contributed by atoms with Gasteiger partial charge in [0, 0.05) is 12.0 Å². The van der Waals surface area contributed by atoms with Crippen molar-refractivity contribution in [3.63, 3.8) is 0 Å². The Hall–Kier alpha value is -2.56. The van der Waals surface area contributed by atoms with Crippen molar-refractivity contribution in [3.8, 4) is 0 Å². The summed E-state index contributed by atoms with van der Waals surface area (Å²) in [6.07, 6.45) is 7.51. The highest BCUT2D eigenvalue weighted by Gasteiger charge is 2.15. The summed E-state index contributed by atoms with van der Waals surface area (Å²) in [6, 6.07) is 3.22. The van der Waals surface area contributed by atoms with Crippen LogP contribution in [0.4, 0.5) is 0 Å². The predicted octanol–water partition coefficient (Wildman–Crippen LogP) is 3.29. The van der Waals surface area contributed by atoms with Gasteiger partial charge in [-0.05, 0) is 19.1 Å². The highest BCUT2D eigenvalue weighted by Crippen LogP contribution is 2.18. The van der Waals surface area contributed by atoms with Gasteiger partial charge in [-0.25, -0.2) is 0 Å². The second-order valence-electron chi connectivity index (χ2n) is 4.79. The molecule has 22 heavy (non-hydrogen) atoms. The summed E-state index contributed by atoms with van der Waals surface area (Å²) in [6.45, 7) is 2.09. The van der Waals surface area contributed by atoms with E-state index in [1.165, 1.54) is 0 Å². The number of allylic oxidation sites excluding steroid dienone is 6. The topological polar surface area (TPSA) is 76.7 Å². The quantitative estimate of drug-likeness (QED) is 0.475. The lowest BCUT2D eigenvalue weighted by Crippen LogP contribution is -2.04. The number of esters is 1. The van der Waals surface area contributed by atoms with Crippen LogP contribution in [0.1, 0.15) is 36.1 Å². The number of furan rings is 1. The molecule has 0 unspecified atom stereocenters. The van der Waals surface area contributed by atoms with Gasteiger partial charge >= 0.3 is 5.97 Å². The fraction of sp³-hybridized carbons (Fsp3) is 0.294. The summed E-state index contributed by atoms with van der Waals surface area (Å²) in [4.78, 5) is 23.3. The number of aliphatic hydroxyl groups excluding tert-OH is 1. The van der Waals surface area contributed by atoms with Gasteiger partial charge in [-0.15, -0.1) is 0 Å². The summed E-state index contributed by atoms with van der Waals surface area (Å²) in [7, 11) is 0. The minimum absolute atomic E-state index is 0.0134. The maximum Gasteiger partial charge on any atom is 0.306 e. The van der Waals surface area contributed by atoms with E-state index in [2.05, 4.69) is 0 Å². The number of Topliss-reactive ketones (excluding diaryl/α,β-unsaturated/α-hetero) is 1. The molecule has 0 saturated heterocycles. The highest BCUT2D eigenvalue weighted by atomic mass is 16.5. The average molecular weight is 302 g/mol. The molecule has 1 aromatic heterocycles. The Bertz CT molecular complexity index is 632. The first kappa shape index (κ1) is 15.8. The van der Waals surface area contributed by atoms with Crippen molar-refractivity contribution in [1.29, 1.82) is 0 Å². The predicted molar refractivity (Wildman–Crippen MR) is 80.5 cm³/mol. The number of carbonyl (C=O) groups excluding carboxylic acids is 2. The first-order chi connectivity index (χ1) is 10.6. The molecular formula is C17H18O5. The third-order valence-corrected chi connectivity index (χ3v) is 3.14.